The van der Waals surface area contributed by atoms with Crippen LogP contribution in [0.5, 0.6) is 0 Å². The molecular weight excluding hydrogens is 346 g/mol. The van der Waals surface area contributed by atoms with Gasteiger partial charge < -0.3 is 4.90 Å². The minimum absolute atomic E-state index is 0.0518. The molecule has 1 aromatic rings. The van der Waals surface area contributed by atoms with Crippen LogP contribution in [0.15, 0.2) is 28.0 Å². The van der Waals surface area contributed by atoms with Gasteiger partial charge in [-0.15, -0.1) is 0 Å². The largest absolute Gasteiger partial charge is 0.370 e. The molecule has 1 spiro atoms. The predicted molar refractivity (Wildman–Crippen MR) is 95.0 cm³/mol. The second kappa shape index (κ2) is 6.02. The molecule has 24 heavy (non-hydrogen) atoms. The van der Waals surface area contributed by atoms with Crippen molar-refractivity contribution in [2.45, 2.75) is 48.3 Å². The molecule has 0 atom stereocenters. The fourth-order valence-electron chi connectivity index (χ4n) is 4.13. The van der Waals surface area contributed by atoms with Gasteiger partial charge in [-0.1, -0.05) is 12.8 Å². The summed E-state index contributed by atoms with van der Waals surface area (Å²) in [7, 11) is -6.93. The van der Waals surface area contributed by atoms with Crippen LogP contribution in [0, 0.1) is 5.41 Å². The molecule has 0 radical (unpaired) electrons. The quantitative estimate of drug-likeness (QED) is 0.817. The van der Waals surface area contributed by atoms with Gasteiger partial charge in [-0.25, -0.2) is 16.8 Å². The molecule has 134 valence electrons. The summed E-state index contributed by atoms with van der Waals surface area (Å²) in [5.41, 5.74) is 1.09. The zero-order valence-corrected chi connectivity index (χ0v) is 15.9. The first-order valence-electron chi connectivity index (χ1n) is 8.40. The average Bonchev–Trinajstić information content (AvgIpc) is 2.94. The molecule has 1 aliphatic carbocycles. The fourth-order valence-corrected chi connectivity index (χ4v) is 5.77. The Labute approximate surface area is 144 Å². The van der Waals surface area contributed by atoms with Gasteiger partial charge >= 0.3 is 0 Å². The molecular formula is C17H25NO4S2. The third-order valence-electron chi connectivity index (χ3n) is 5.59. The van der Waals surface area contributed by atoms with Gasteiger partial charge in [-0.2, -0.15) is 0 Å². The second-order valence-corrected chi connectivity index (χ2v) is 11.4. The molecule has 3 rings (SSSR count). The van der Waals surface area contributed by atoms with Crippen molar-refractivity contribution < 1.29 is 16.8 Å². The lowest BCUT2D eigenvalue weighted by molar-refractivity contribution is 0.226. The topological polar surface area (TPSA) is 71.5 Å². The van der Waals surface area contributed by atoms with E-state index in [1.54, 1.807) is 6.07 Å². The van der Waals surface area contributed by atoms with Gasteiger partial charge in [0.2, 0.25) is 0 Å². The highest BCUT2D eigenvalue weighted by molar-refractivity contribution is 7.91. The van der Waals surface area contributed by atoms with Crippen molar-refractivity contribution in [2.75, 3.05) is 30.5 Å². The van der Waals surface area contributed by atoms with E-state index in [0.29, 0.717) is 11.1 Å². The van der Waals surface area contributed by atoms with Gasteiger partial charge in [0.05, 0.1) is 15.5 Å². The Morgan fingerprint density at radius 2 is 1.46 bits per heavy atom. The maximum Gasteiger partial charge on any atom is 0.177 e. The average molecular weight is 372 g/mol. The molecule has 0 amide bonds. The van der Waals surface area contributed by atoms with E-state index in [4.69, 9.17) is 0 Å². The van der Waals surface area contributed by atoms with E-state index in [1.165, 1.54) is 37.8 Å². The zero-order chi connectivity index (χ0) is 17.6. The maximum absolute atomic E-state index is 12.2. The molecule has 5 nitrogen and oxygen atoms in total. The monoisotopic (exact) mass is 371 g/mol. The summed E-state index contributed by atoms with van der Waals surface area (Å²) >= 11 is 0. The van der Waals surface area contributed by atoms with Gasteiger partial charge in [0.25, 0.3) is 0 Å². The standard InChI is InChI=1S/C17H25NO4S2/c1-23(19,20)14-5-6-15(16(13-14)24(2,21)22)18-11-9-17(10-12-18)7-3-4-8-17/h5-6,13H,3-4,7-12H2,1-2H3. The summed E-state index contributed by atoms with van der Waals surface area (Å²) in [5.74, 6) is 0. The van der Waals surface area contributed by atoms with Crippen molar-refractivity contribution >= 4 is 25.4 Å². The number of hydrogen-bond acceptors (Lipinski definition) is 5. The van der Waals surface area contributed by atoms with Crippen molar-refractivity contribution in [2.24, 2.45) is 5.41 Å². The highest BCUT2D eigenvalue weighted by atomic mass is 32.2. The fraction of sp³-hybridized carbons (Fsp3) is 0.647. The normalized spacial score (nSPS) is 21.3. The Kier molecular flexibility index (Phi) is 4.45. The smallest absolute Gasteiger partial charge is 0.177 e. The first-order chi connectivity index (χ1) is 11.1. The second-order valence-electron chi connectivity index (χ2n) is 7.37. The molecule has 1 saturated carbocycles. The van der Waals surface area contributed by atoms with Crippen molar-refractivity contribution in [3.8, 4) is 0 Å². The van der Waals surface area contributed by atoms with Crippen molar-refractivity contribution in [3.05, 3.63) is 18.2 Å². The molecule has 2 fully saturated rings. The molecule has 0 bridgehead atoms. The molecule has 1 aliphatic heterocycles. The minimum atomic E-state index is -3.50. The predicted octanol–water partition coefficient (Wildman–Crippen LogP) is 2.65. The first-order valence-corrected chi connectivity index (χ1v) is 12.2. The summed E-state index contributed by atoms with van der Waals surface area (Å²) in [5, 5.41) is 0. The van der Waals surface area contributed by atoms with Crippen molar-refractivity contribution in [1.29, 1.82) is 0 Å². The molecule has 1 aromatic carbocycles. The van der Waals surface area contributed by atoms with Crippen LogP contribution in [-0.4, -0.2) is 42.4 Å². The Morgan fingerprint density at radius 1 is 0.875 bits per heavy atom. The third kappa shape index (κ3) is 3.47. The van der Waals surface area contributed by atoms with Crippen LogP contribution in [0.25, 0.3) is 0 Å². The van der Waals surface area contributed by atoms with Crippen LogP contribution in [0.4, 0.5) is 5.69 Å². The Balaban J connectivity index is 1.93. The van der Waals surface area contributed by atoms with Crippen LogP contribution in [-0.2, 0) is 19.7 Å². The number of anilines is 1. The summed E-state index contributed by atoms with van der Waals surface area (Å²) in [6.07, 6.45) is 9.59. The summed E-state index contributed by atoms with van der Waals surface area (Å²) in [4.78, 5) is 2.27. The number of hydrogen-bond donors (Lipinski definition) is 0. The Hall–Kier alpha value is -1.08. The lowest BCUT2D eigenvalue weighted by Gasteiger charge is -2.41. The third-order valence-corrected chi connectivity index (χ3v) is 7.82. The highest BCUT2D eigenvalue weighted by Crippen LogP contribution is 2.47. The highest BCUT2D eigenvalue weighted by Gasteiger charge is 2.37. The van der Waals surface area contributed by atoms with E-state index >= 15 is 0 Å². The molecule has 0 N–H and O–H groups in total. The van der Waals surface area contributed by atoms with E-state index in [2.05, 4.69) is 4.90 Å². The SMILES string of the molecule is CS(=O)(=O)c1ccc(N2CCC3(CCCC3)CC2)c(S(C)(=O)=O)c1. The van der Waals surface area contributed by atoms with E-state index in [0.717, 1.165) is 38.4 Å². The summed E-state index contributed by atoms with van der Waals surface area (Å²) in [6, 6.07) is 4.47. The maximum atomic E-state index is 12.2. The molecule has 1 saturated heterocycles. The molecule has 2 aliphatic rings. The zero-order valence-electron chi connectivity index (χ0n) is 14.3. The Morgan fingerprint density at radius 3 is 1.96 bits per heavy atom. The van der Waals surface area contributed by atoms with Crippen LogP contribution in [0.1, 0.15) is 38.5 Å². The summed E-state index contributed by atoms with van der Waals surface area (Å²) in [6.45, 7) is 1.67. The molecule has 7 heteroatoms. The summed E-state index contributed by atoms with van der Waals surface area (Å²) < 4.78 is 47.9. The van der Waals surface area contributed by atoms with Crippen molar-refractivity contribution in [3.63, 3.8) is 0 Å². The number of nitrogens with zero attached hydrogens (tertiary/aromatic N) is 1. The van der Waals surface area contributed by atoms with Crippen LogP contribution < -0.4 is 4.90 Å². The number of rotatable bonds is 3. The van der Waals surface area contributed by atoms with E-state index in [1.807, 2.05) is 0 Å². The van der Waals surface area contributed by atoms with E-state index in [-0.39, 0.29) is 9.79 Å². The Bertz CT molecular complexity index is 827. The van der Waals surface area contributed by atoms with Gasteiger partial charge in [-0.05, 0) is 49.3 Å². The first kappa shape index (κ1) is 17.7. The van der Waals surface area contributed by atoms with Gasteiger partial charge in [0.15, 0.2) is 19.7 Å². The number of sulfone groups is 2. The van der Waals surface area contributed by atoms with E-state index < -0.39 is 19.7 Å². The van der Waals surface area contributed by atoms with Crippen LogP contribution in [0.2, 0.25) is 0 Å². The number of piperidine rings is 1. The molecule has 0 unspecified atom stereocenters. The van der Waals surface area contributed by atoms with Crippen molar-refractivity contribution in [1.82, 2.24) is 0 Å². The number of benzene rings is 1. The lowest BCUT2D eigenvalue weighted by atomic mass is 9.77. The van der Waals surface area contributed by atoms with Gasteiger partial charge in [-0.3, -0.25) is 0 Å². The van der Waals surface area contributed by atoms with E-state index in [9.17, 15) is 16.8 Å². The van der Waals surface area contributed by atoms with Crippen LogP contribution >= 0.6 is 0 Å². The lowest BCUT2D eigenvalue weighted by Crippen LogP contribution is -2.39. The van der Waals surface area contributed by atoms with Crippen LogP contribution in [0.3, 0.4) is 0 Å². The molecule has 0 aromatic heterocycles. The molecule has 1 heterocycles. The van der Waals surface area contributed by atoms with Gasteiger partial charge in [0.1, 0.15) is 0 Å². The minimum Gasteiger partial charge on any atom is -0.370 e. The van der Waals surface area contributed by atoms with Gasteiger partial charge in [0, 0.05) is 25.6 Å².